The standard InChI is InChI=1S/C17H25NO5S2/c1-13-5-6-17(14(2)10-13)25(21,22)18(11-16-4-3-8-23-16)15-7-9-24(19,20)12-15/h5-6,10,15-16H,3-4,7-9,11-12H2,1-2H3/t15-,16+/m0/s1. The molecule has 0 bridgehead atoms. The first-order valence-corrected chi connectivity index (χ1v) is 11.9. The molecule has 25 heavy (non-hydrogen) atoms. The van der Waals surface area contributed by atoms with Gasteiger partial charge in [0.2, 0.25) is 10.0 Å². The second kappa shape index (κ2) is 6.98. The molecule has 1 aromatic carbocycles. The minimum atomic E-state index is -3.78. The van der Waals surface area contributed by atoms with E-state index in [-0.39, 0.29) is 29.0 Å². The normalized spacial score (nSPS) is 26.4. The minimum absolute atomic E-state index is 0.0437. The van der Waals surface area contributed by atoms with Crippen molar-refractivity contribution in [2.45, 2.75) is 50.2 Å². The minimum Gasteiger partial charge on any atom is -0.377 e. The van der Waals surface area contributed by atoms with Gasteiger partial charge < -0.3 is 4.74 Å². The largest absolute Gasteiger partial charge is 0.377 e. The molecule has 2 heterocycles. The zero-order valence-corrected chi connectivity index (χ0v) is 16.3. The van der Waals surface area contributed by atoms with Gasteiger partial charge in [-0.2, -0.15) is 4.31 Å². The summed E-state index contributed by atoms with van der Waals surface area (Å²) in [5.74, 6) is -0.0635. The molecule has 2 saturated heterocycles. The molecule has 0 radical (unpaired) electrons. The highest BCUT2D eigenvalue weighted by Gasteiger charge is 2.40. The van der Waals surface area contributed by atoms with Gasteiger partial charge in [0, 0.05) is 19.2 Å². The molecule has 0 spiro atoms. The Morgan fingerprint density at radius 3 is 2.56 bits per heavy atom. The summed E-state index contributed by atoms with van der Waals surface area (Å²) in [5.41, 5.74) is 1.67. The van der Waals surface area contributed by atoms with Crippen LogP contribution in [0.5, 0.6) is 0 Å². The van der Waals surface area contributed by atoms with Gasteiger partial charge in [0.1, 0.15) is 0 Å². The summed E-state index contributed by atoms with van der Waals surface area (Å²) in [4.78, 5) is 0.250. The van der Waals surface area contributed by atoms with E-state index in [0.717, 1.165) is 18.4 Å². The first kappa shape index (κ1) is 18.8. The maximum Gasteiger partial charge on any atom is 0.243 e. The second-order valence-corrected chi connectivity index (χ2v) is 11.1. The molecule has 1 aromatic rings. The lowest BCUT2D eigenvalue weighted by Gasteiger charge is -2.30. The van der Waals surface area contributed by atoms with E-state index in [1.54, 1.807) is 19.1 Å². The molecule has 8 heteroatoms. The summed E-state index contributed by atoms with van der Waals surface area (Å²) in [7, 11) is -6.96. The fourth-order valence-corrected chi connectivity index (χ4v) is 7.37. The van der Waals surface area contributed by atoms with Gasteiger partial charge in [-0.25, -0.2) is 16.8 Å². The summed E-state index contributed by atoms with van der Waals surface area (Å²) >= 11 is 0. The summed E-state index contributed by atoms with van der Waals surface area (Å²) in [6, 6.07) is 4.71. The second-order valence-electron chi connectivity index (χ2n) is 7.04. The predicted molar refractivity (Wildman–Crippen MR) is 95.8 cm³/mol. The first-order valence-electron chi connectivity index (χ1n) is 8.60. The van der Waals surface area contributed by atoms with E-state index in [1.807, 2.05) is 13.0 Å². The van der Waals surface area contributed by atoms with E-state index < -0.39 is 25.9 Å². The molecule has 2 aliphatic heterocycles. The molecule has 0 N–H and O–H groups in total. The Morgan fingerprint density at radius 2 is 2.00 bits per heavy atom. The molecule has 2 fully saturated rings. The Kier molecular flexibility index (Phi) is 5.26. The van der Waals surface area contributed by atoms with Crippen LogP contribution in [0.15, 0.2) is 23.1 Å². The molecule has 0 saturated carbocycles. The van der Waals surface area contributed by atoms with Crippen molar-refractivity contribution in [2.75, 3.05) is 24.7 Å². The SMILES string of the molecule is Cc1ccc(S(=O)(=O)N(C[C@H]2CCCO2)[C@H]2CCS(=O)(=O)C2)c(C)c1. The van der Waals surface area contributed by atoms with E-state index in [1.165, 1.54) is 4.31 Å². The van der Waals surface area contributed by atoms with Crippen LogP contribution in [0.25, 0.3) is 0 Å². The zero-order chi connectivity index (χ0) is 18.2. The molecule has 3 rings (SSSR count). The third-order valence-corrected chi connectivity index (χ3v) is 8.77. The molecule has 2 atom stereocenters. The summed E-state index contributed by atoms with van der Waals surface area (Å²) < 4.78 is 57.5. The number of rotatable bonds is 5. The van der Waals surface area contributed by atoms with Crippen molar-refractivity contribution in [1.82, 2.24) is 4.31 Å². The van der Waals surface area contributed by atoms with E-state index >= 15 is 0 Å². The number of hydrogen-bond acceptors (Lipinski definition) is 5. The van der Waals surface area contributed by atoms with Crippen molar-refractivity contribution in [3.63, 3.8) is 0 Å². The number of benzene rings is 1. The lowest BCUT2D eigenvalue weighted by molar-refractivity contribution is 0.0877. The van der Waals surface area contributed by atoms with Crippen LogP contribution in [0.3, 0.4) is 0 Å². The zero-order valence-electron chi connectivity index (χ0n) is 14.6. The van der Waals surface area contributed by atoms with Crippen LogP contribution in [0, 0.1) is 13.8 Å². The van der Waals surface area contributed by atoms with E-state index in [0.29, 0.717) is 18.6 Å². The van der Waals surface area contributed by atoms with Crippen LogP contribution < -0.4 is 0 Å². The topological polar surface area (TPSA) is 80.8 Å². The van der Waals surface area contributed by atoms with Gasteiger partial charge in [-0.05, 0) is 44.7 Å². The monoisotopic (exact) mass is 387 g/mol. The number of aryl methyl sites for hydroxylation is 2. The summed E-state index contributed by atoms with van der Waals surface area (Å²) in [5, 5.41) is 0. The molecule has 140 valence electrons. The Labute approximate surface area is 150 Å². The average molecular weight is 388 g/mol. The first-order chi connectivity index (χ1) is 11.7. The lowest BCUT2D eigenvalue weighted by Crippen LogP contribution is -2.45. The molecule has 0 aliphatic carbocycles. The Morgan fingerprint density at radius 1 is 1.24 bits per heavy atom. The highest BCUT2D eigenvalue weighted by Crippen LogP contribution is 2.29. The van der Waals surface area contributed by atoms with Gasteiger partial charge in [-0.15, -0.1) is 0 Å². The molecular formula is C17H25NO5S2. The van der Waals surface area contributed by atoms with Gasteiger partial charge in [-0.1, -0.05) is 17.7 Å². The summed E-state index contributed by atoms with van der Waals surface area (Å²) in [6.07, 6.45) is 1.90. The lowest BCUT2D eigenvalue weighted by atomic mass is 10.2. The fraction of sp³-hybridized carbons (Fsp3) is 0.647. The van der Waals surface area contributed by atoms with E-state index in [9.17, 15) is 16.8 Å². The van der Waals surface area contributed by atoms with Crippen molar-refractivity contribution in [3.05, 3.63) is 29.3 Å². The third-order valence-electron chi connectivity index (χ3n) is 4.94. The van der Waals surface area contributed by atoms with Crippen molar-refractivity contribution in [2.24, 2.45) is 0 Å². The van der Waals surface area contributed by atoms with Crippen molar-refractivity contribution >= 4 is 19.9 Å². The van der Waals surface area contributed by atoms with Crippen LogP contribution >= 0.6 is 0 Å². The maximum absolute atomic E-state index is 13.3. The van der Waals surface area contributed by atoms with Crippen LogP contribution in [0.2, 0.25) is 0 Å². The van der Waals surface area contributed by atoms with Crippen molar-refractivity contribution in [3.8, 4) is 0 Å². The third kappa shape index (κ3) is 4.07. The molecule has 2 aliphatic rings. The van der Waals surface area contributed by atoms with E-state index in [4.69, 9.17) is 4.74 Å². The average Bonchev–Trinajstić information content (AvgIpc) is 3.13. The van der Waals surface area contributed by atoms with Crippen LogP contribution in [0.1, 0.15) is 30.4 Å². The summed E-state index contributed by atoms with van der Waals surface area (Å²) in [6.45, 7) is 4.54. The maximum atomic E-state index is 13.3. The van der Waals surface area contributed by atoms with Crippen LogP contribution in [-0.4, -0.2) is 57.9 Å². The van der Waals surface area contributed by atoms with Crippen molar-refractivity contribution < 1.29 is 21.6 Å². The number of ether oxygens (including phenoxy) is 1. The molecule has 6 nitrogen and oxygen atoms in total. The number of nitrogens with zero attached hydrogens (tertiary/aromatic N) is 1. The number of sulfone groups is 1. The molecule has 0 amide bonds. The van der Waals surface area contributed by atoms with Crippen molar-refractivity contribution in [1.29, 1.82) is 0 Å². The smallest absolute Gasteiger partial charge is 0.243 e. The van der Waals surface area contributed by atoms with Gasteiger partial charge in [0.25, 0.3) is 0 Å². The Hall–Kier alpha value is -0.960. The molecular weight excluding hydrogens is 362 g/mol. The number of hydrogen-bond donors (Lipinski definition) is 0. The van der Waals surface area contributed by atoms with Gasteiger partial charge in [0.05, 0.1) is 22.5 Å². The fourth-order valence-electron chi connectivity index (χ4n) is 3.65. The molecule has 0 aromatic heterocycles. The van der Waals surface area contributed by atoms with Gasteiger partial charge in [-0.3, -0.25) is 0 Å². The van der Waals surface area contributed by atoms with E-state index in [2.05, 4.69) is 0 Å². The number of sulfonamides is 1. The highest BCUT2D eigenvalue weighted by molar-refractivity contribution is 7.92. The molecule has 0 unspecified atom stereocenters. The quantitative estimate of drug-likeness (QED) is 0.768. The van der Waals surface area contributed by atoms with Crippen LogP contribution in [0.4, 0.5) is 0 Å². The highest BCUT2D eigenvalue weighted by atomic mass is 32.2. The Bertz CT molecular complexity index is 842. The van der Waals surface area contributed by atoms with Gasteiger partial charge in [0.15, 0.2) is 9.84 Å². The van der Waals surface area contributed by atoms with Crippen LogP contribution in [-0.2, 0) is 24.6 Å². The van der Waals surface area contributed by atoms with Gasteiger partial charge >= 0.3 is 0 Å². The Balaban J connectivity index is 1.97. The predicted octanol–water partition coefficient (Wildman–Crippen LogP) is 1.66.